The van der Waals surface area contributed by atoms with Crippen LogP contribution in [0.25, 0.3) is 10.8 Å². The third-order valence-corrected chi connectivity index (χ3v) is 8.31. The molecule has 3 aliphatic rings. The number of carbonyl (C=O) groups excluding carboxylic acids is 2. The molecule has 3 heterocycles. The van der Waals surface area contributed by atoms with Crippen molar-refractivity contribution < 1.29 is 35.8 Å². The molecule has 200 valence electrons. The number of halogens is 1. The smallest absolute Gasteiger partial charge is 0.333 e. The van der Waals surface area contributed by atoms with Gasteiger partial charge < -0.3 is 31.5 Å². The molecule has 3 fully saturated rings. The van der Waals surface area contributed by atoms with Gasteiger partial charge in [-0.3, -0.25) is 4.79 Å². The zero-order valence-electron chi connectivity index (χ0n) is 21.8. The van der Waals surface area contributed by atoms with Crippen LogP contribution in [0.2, 0.25) is 0 Å². The molecule has 6 heteroatoms. The number of nitrogens with one attached hydrogen (secondary N) is 1. The van der Waals surface area contributed by atoms with Crippen molar-refractivity contribution in [2.45, 2.75) is 25.0 Å². The molecule has 4 aromatic rings. The third kappa shape index (κ3) is 5.92. The van der Waals surface area contributed by atoms with Crippen molar-refractivity contribution in [2.24, 2.45) is 5.92 Å². The predicted molar refractivity (Wildman–Crippen MR) is 150 cm³/mol. The summed E-state index contributed by atoms with van der Waals surface area (Å²) in [6, 6.07) is 33.0. The monoisotopic (exact) mass is 584 g/mol. The Balaban J connectivity index is 0.00000308. The van der Waals surface area contributed by atoms with Crippen molar-refractivity contribution in [3.63, 3.8) is 0 Å². The number of carbonyl (C=O) groups is 2. The van der Waals surface area contributed by atoms with Gasteiger partial charge in [-0.1, -0.05) is 84.9 Å². The maximum Gasteiger partial charge on any atom is 0.333 e. The van der Waals surface area contributed by atoms with E-state index in [-0.39, 0.29) is 34.8 Å². The van der Waals surface area contributed by atoms with Gasteiger partial charge in [0.1, 0.15) is 13.1 Å². The third-order valence-electron chi connectivity index (χ3n) is 8.31. The Hall–Kier alpha value is -3.48. The molecular formula is C33H33BrN2O3. The Morgan fingerprint density at radius 2 is 1.46 bits per heavy atom. The lowest BCUT2D eigenvalue weighted by Gasteiger charge is -2.51. The molecule has 3 saturated heterocycles. The lowest BCUT2D eigenvalue weighted by Crippen LogP contribution is -3.00. The van der Waals surface area contributed by atoms with Gasteiger partial charge in [0, 0.05) is 30.0 Å². The van der Waals surface area contributed by atoms with Crippen molar-refractivity contribution in [3.8, 4) is 0 Å². The van der Waals surface area contributed by atoms with E-state index in [9.17, 15) is 9.59 Å². The van der Waals surface area contributed by atoms with E-state index in [4.69, 9.17) is 4.74 Å². The van der Waals surface area contributed by atoms with E-state index in [0.29, 0.717) is 23.5 Å². The van der Waals surface area contributed by atoms with Gasteiger partial charge in [-0.2, -0.15) is 0 Å². The van der Waals surface area contributed by atoms with Gasteiger partial charge >= 0.3 is 5.97 Å². The fourth-order valence-electron chi connectivity index (χ4n) is 6.18. The molecule has 0 saturated carbocycles. The van der Waals surface area contributed by atoms with Crippen LogP contribution in [0.4, 0.5) is 5.69 Å². The van der Waals surface area contributed by atoms with Gasteiger partial charge in [-0.25, -0.2) is 4.79 Å². The SMILES string of the molecule is O=C(C[N+]12CCC(CC1)C(OC(=O)[C@H](Nc1ccccc1)c1ccccc1)C2)c1ccc2ccccc2c1.[Br-]. The number of Topliss-reactive ketones (excluding diaryl/α,β-unsaturated/α-hetero) is 1. The van der Waals surface area contributed by atoms with E-state index in [2.05, 4.69) is 11.4 Å². The van der Waals surface area contributed by atoms with Gasteiger partial charge in [0.15, 0.2) is 12.1 Å². The Morgan fingerprint density at radius 3 is 2.18 bits per heavy atom. The Morgan fingerprint density at radius 1 is 0.821 bits per heavy atom. The molecule has 0 aliphatic carbocycles. The minimum Gasteiger partial charge on any atom is -1.00 e. The first kappa shape index (κ1) is 27.1. The van der Waals surface area contributed by atoms with E-state index in [1.165, 1.54) is 0 Å². The minimum atomic E-state index is -0.596. The zero-order valence-corrected chi connectivity index (χ0v) is 23.4. The van der Waals surface area contributed by atoms with Gasteiger partial charge in [-0.15, -0.1) is 0 Å². The van der Waals surface area contributed by atoms with Gasteiger partial charge in [0.25, 0.3) is 0 Å². The molecule has 5 nitrogen and oxygen atoms in total. The summed E-state index contributed by atoms with van der Waals surface area (Å²) in [6.45, 7) is 3.07. The van der Waals surface area contributed by atoms with E-state index >= 15 is 0 Å². The number of rotatable bonds is 8. The highest BCUT2D eigenvalue weighted by atomic mass is 79.9. The van der Waals surface area contributed by atoms with Crippen molar-refractivity contribution in [1.29, 1.82) is 0 Å². The zero-order chi connectivity index (χ0) is 26.0. The van der Waals surface area contributed by atoms with E-state index in [1.54, 1.807) is 0 Å². The fourth-order valence-corrected chi connectivity index (χ4v) is 6.18. The van der Waals surface area contributed by atoms with Crippen LogP contribution in [0, 0.1) is 5.92 Å². The second kappa shape index (κ2) is 11.7. The number of ketones is 1. The maximum absolute atomic E-state index is 13.6. The molecule has 1 N–H and O–H groups in total. The highest BCUT2D eigenvalue weighted by Crippen LogP contribution is 2.37. The quantitative estimate of drug-likeness (QED) is 0.196. The molecule has 2 atom stereocenters. The average molecular weight is 586 g/mol. The van der Waals surface area contributed by atoms with Crippen LogP contribution >= 0.6 is 0 Å². The van der Waals surface area contributed by atoms with Crippen molar-refractivity contribution in [1.82, 2.24) is 0 Å². The highest BCUT2D eigenvalue weighted by molar-refractivity contribution is 6.00. The largest absolute Gasteiger partial charge is 1.00 e. The number of anilines is 1. The van der Waals surface area contributed by atoms with Crippen LogP contribution in [0.15, 0.2) is 103 Å². The summed E-state index contributed by atoms with van der Waals surface area (Å²) in [5.74, 6) is 0.245. The highest BCUT2D eigenvalue weighted by Gasteiger charge is 2.49. The van der Waals surface area contributed by atoms with Gasteiger partial charge in [-0.05, 0) is 34.5 Å². The molecule has 4 aromatic carbocycles. The Labute approximate surface area is 240 Å². The first-order chi connectivity index (χ1) is 18.6. The van der Waals surface area contributed by atoms with Crippen LogP contribution < -0.4 is 22.3 Å². The van der Waals surface area contributed by atoms with Crippen LogP contribution in [0.5, 0.6) is 0 Å². The Bertz CT molecular complexity index is 1440. The molecule has 0 spiro atoms. The topological polar surface area (TPSA) is 55.4 Å². The van der Waals surface area contributed by atoms with Gasteiger partial charge in [0.2, 0.25) is 5.78 Å². The summed E-state index contributed by atoms with van der Waals surface area (Å²) in [5, 5.41) is 5.59. The number of hydrogen-bond acceptors (Lipinski definition) is 4. The summed E-state index contributed by atoms with van der Waals surface area (Å²) in [4.78, 5) is 27.0. The number of nitrogens with zero attached hydrogens (tertiary/aromatic N) is 1. The number of hydrogen-bond donors (Lipinski definition) is 1. The number of piperidine rings is 3. The number of ether oxygens (including phenoxy) is 1. The number of quaternary nitrogens is 1. The number of esters is 1. The number of fused-ring (bicyclic) bond motifs is 4. The lowest BCUT2D eigenvalue weighted by atomic mass is 9.82. The van der Waals surface area contributed by atoms with Crippen molar-refractivity contribution in [3.05, 3.63) is 114 Å². The molecule has 1 unspecified atom stereocenters. The summed E-state index contributed by atoms with van der Waals surface area (Å²) in [5.41, 5.74) is 2.50. The van der Waals surface area contributed by atoms with E-state index in [1.807, 2.05) is 97.1 Å². The first-order valence-electron chi connectivity index (χ1n) is 13.5. The molecule has 39 heavy (non-hydrogen) atoms. The van der Waals surface area contributed by atoms with Crippen LogP contribution in [-0.4, -0.2) is 48.5 Å². The van der Waals surface area contributed by atoms with E-state index < -0.39 is 6.04 Å². The number of para-hydroxylation sites is 1. The Kier molecular flexibility index (Phi) is 8.15. The normalized spacial score (nSPS) is 22.5. The molecule has 3 aliphatic heterocycles. The van der Waals surface area contributed by atoms with Crippen LogP contribution in [-0.2, 0) is 9.53 Å². The molecule has 0 radical (unpaired) electrons. The summed E-state index contributed by atoms with van der Waals surface area (Å²) >= 11 is 0. The minimum absolute atomic E-state index is 0. The maximum atomic E-state index is 13.6. The second-order valence-corrected chi connectivity index (χ2v) is 10.8. The second-order valence-electron chi connectivity index (χ2n) is 10.8. The summed E-state index contributed by atoms with van der Waals surface area (Å²) in [7, 11) is 0. The molecule has 0 amide bonds. The first-order valence-corrected chi connectivity index (χ1v) is 13.5. The van der Waals surface area contributed by atoms with E-state index in [0.717, 1.165) is 53.5 Å². The average Bonchev–Trinajstić information content (AvgIpc) is 2.97. The van der Waals surface area contributed by atoms with Gasteiger partial charge in [0.05, 0.1) is 13.1 Å². The fraction of sp³-hybridized carbons (Fsp3) is 0.273. The molecule has 0 aromatic heterocycles. The van der Waals surface area contributed by atoms with Crippen molar-refractivity contribution >= 4 is 28.2 Å². The lowest BCUT2D eigenvalue weighted by molar-refractivity contribution is -0.938. The summed E-state index contributed by atoms with van der Waals surface area (Å²) in [6.07, 6.45) is 1.77. The molecule has 2 bridgehead atoms. The van der Waals surface area contributed by atoms with Crippen molar-refractivity contribution in [2.75, 3.05) is 31.5 Å². The number of benzene rings is 4. The standard InChI is InChI=1S/C33H33N2O3.BrH/c36-30(28-16-15-24-9-7-8-12-27(24)21-28)22-35-19-17-25(18-20-35)31(23-35)38-33(37)32(26-10-3-1-4-11-26)34-29-13-5-2-6-14-29;/h1-16,21,25,31-32,34H,17-20,22-23H2;1H/q+1;/p-1/t25?,31?,32-,35?;/m1./s1. The predicted octanol–water partition coefficient (Wildman–Crippen LogP) is 3.03. The summed E-state index contributed by atoms with van der Waals surface area (Å²) < 4.78 is 6.95. The molecule has 7 rings (SSSR count). The van der Waals surface area contributed by atoms with Crippen LogP contribution in [0.1, 0.15) is 34.8 Å². The molecular weight excluding hydrogens is 552 g/mol. The van der Waals surface area contributed by atoms with Crippen LogP contribution in [0.3, 0.4) is 0 Å².